The number of nitrogen functional groups attached to an aromatic ring is 1. The van der Waals surface area contributed by atoms with E-state index in [-0.39, 0.29) is 5.84 Å². The standard InChI is InChI=1S/C14H13BrN2O/c1-18-11-6-7-12(14(16)17)13(8-11)9-2-4-10(15)5-3-9/h2-8H,1H3,(H3,16,17). The van der Waals surface area contributed by atoms with Gasteiger partial charge in [0.1, 0.15) is 11.6 Å². The van der Waals surface area contributed by atoms with Gasteiger partial charge in [-0.3, -0.25) is 5.41 Å². The number of hydrogen-bond donors (Lipinski definition) is 2. The summed E-state index contributed by atoms with van der Waals surface area (Å²) in [7, 11) is 1.62. The number of methoxy groups -OCH3 is 1. The van der Waals surface area contributed by atoms with E-state index in [4.69, 9.17) is 15.9 Å². The van der Waals surface area contributed by atoms with Crippen molar-refractivity contribution in [3.05, 3.63) is 52.5 Å². The van der Waals surface area contributed by atoms with Crippen LogP contribution in [-0.4, -0.2) is 12.9 Å². The van der Waals surface area contributed by atoms with E-state index in [0.29, 0.717) is 5.56 Å². The summed E-state index contributed by atoms with van der Waals surface area (Å²) in [6, 6.07) is 13.4. The molecule has 2 rings (SSSR count). The zero-order valence-electron chi connectivity index (χ0n) is 9.91. The normalized spacial score (nSPS) is 10.1. The number of nitrogens with one attached hydrogen (secondary N) is 1. The monoisotopic (exact) mass is 304 g/mol. The van der Waals surface area contributed by atoms with Gasteiger partial charge in [0.15, 0.2) is 0 Å². The van der Waals surface area contributed by atoms with Gasteiger partial charge in [-0.25, -0.2) is 0 Å². The summed E-state index contributed by atoms with van der Waals surface area (Å²) in [5.41, 5.74) is 8.21. The average molecular weight is 305 g/mol. The second-order valence-corrected chi connectivity index (χ2v) is 4.75. The van der Waals surface area contributed by atoms with E-state index in [2.05, 4.69) is 15.9 Å². The zero-order chi connectivity index (χ0) is 13.1. The largest absolute Gasteiger partial charge is 0.497 e. The van der Waals surface area contributed by atoms with Gasteiger partial charge < -0.3 is 10.5 Å². The predicted octanol–water partition coefficient (Wildman–Crippen LogP) is 3.41. The molecule has 0 unspecified atom stereocenters. The molecular formula is C14H13BrN2O. The molecule has 0 aliphatic rings. The zero-order valence-corrected chi connectivity index (χ0v) is 11.5. The van der Waals surface area contributed by atoms with E-state index >= 15 is 0 Å². The average Bonchev–Trinajstić information content (AvgIpc) is 2.38. The number of rotatable bonds is 3. The fourth-order valence-electron chi connectivity index (χ4n) is 1.75. The van der Waals surface area contributed by atoms with Crippen molar-refractivity contribution in [1.29, 1.82) is 5.41 Å². The maximum absolute atomic E-state index is 7.62. The Labute approximate surface area is 114 Å². The number of nitrogens with two attached hydrogens (primary N) is 1. The van der Waals surface area contributed by atoms with Crippen molar-refractivity contribution < 1.29 is 4.74 Å². The second-order valence-electron chi connectivity index (χ2n) is 3.83. The predicted molar refractivity (Wildman–Crippen MR) is 77.1 cm³/mol. The molecule has 2 aromatic rings. The van der Waals surface area contributed by atoms with Crippen LogP contribution in [0.4, 0.5) is 0 Å². The van der Waals surface area contributed by atoms with Gasteiger partial charge in [-0.05, 0) is 41.5 Å². The lowest BCUT2D eigenvalue weighted by atomic mass is 9.99. The molecular weight excluding hydrogens is 292 g/mol. The Bertz CT molecular complexity index is 579. The van der Waals surface area contributed by atoms with Crippen LogP contribution in [0.3, 0.4) is 0 Å². The molecule has 2 aromatic carbocycles. The summed E-state index contributed by atoms with van der Waals surface area (Å²) in [4.78, 5) is 0. The minimum absolute atomic E-state index is 0.0515. The van der Waals surface area contributed by atoms with Crippen LogP contribution in [-0.2, 0) is 0 Å². The molecule has 0 saturated heterocycles. The molecule has 92 valence electrons. The van der Waals surface area contributed by atoms with Crippen molar-refractivity contribution in [2.75, 3.05) is 7.11 Å². The molecule has 0 atom stereocenters. The van der Waals surface area contributed by atoms with E-state index in [1.54, 1.807) is 19.2 Å². The quantitative estimate of drug-likeness (QED) is 0.674. The molecule has 0 aliphatic heterocycles. The van der Waals surface area contributed by atoms with Crippen LogP contribution in [0.15, 0.2) is 46.9 Å². The van der Waals surface area contributed by atoms with Crippen LogP contribution in [0, 0.1) is 5.41 Å². The Morgan fingerprint density at radius 1 is 1.17 bits per heavy atom. The Hall–Kier alpha value is -1.81. The topological polar surface area (TPSA) is 59.1 Å². The molecule has 0 aliphatic carbocycles. The summed E-state index contributed by atoms with van der Waals surface area (Å²) in [6.45, 7) is 0. The highest BCUT2D eigenvalue weighted by Gasteiger charge is 2.09. The van der Waals surface area contributed by atoms with E-state index in [9.17, 15) is 0 Å². The molecule has 3 nitrogen and oxygen atoms in total. The van der Waals surface area contributed by atoms with Crippen LogP contribution in [0.25, 0.3) is 11.1 Å². The fraction of sp³-hybridized carbons (Fsp3) is 0.0714. The lowest BCUT2D eigenvalue weighted by molar-refractivity contribution is 0.415. The third-order valence-electron chi connectivity index (χ3n) is 2.67. The molecule has 0 bridgehead atoms. The van der Waals surface area contributed by atoms with E-state index in [1.807, 2.05) is 30.3 Å². The first-order valence-corrected chi connectivity index (χ1v) is 6.19. The molecule has 0 aromatic heterocycles. The second kappa shape index (κ2) is 5.23. The summed E-state index contributed by atoms with van der Waals surface area (Å²) in [6.07, 6.45) is 0. The number of ether oxygens (including phenoxy) is 1. The highest BCUT2D eigenvalue weighted by molar-refractivity contribution is 9.10. The highest BCUT2D eigenvalue weighted by Crippen LogP contribution is 2.28. The molecule has 18 heavy (non-hydrogen) atoms. The van der Waals surface area contributed by atoms with Gasteiger partial charge in [-0.1, -0.05) is 28.1 Å². The SMILES string of the molecule is COc1ccc(C(=N)N)c(-c2ccc(Br)cc2)c1. The molecule has 0 amide bonds. The van der Waals surface area contributed by atoms with Gasteiger partial charge in [-0.2, -0.15) is 0 Å². The van der Waals surface area contributed by atoms with Gasteiger partial charge in [-0.15, -0.1) is 0 Å². The molecule has 0 saturated carbocycles. The molecule has 3 N–H and O–H groups in total. The van der Waals surface area contributed by atoms with Crippen LogP contribution < -0.4 is 10.5 Å². The molecule has 0 radical (unpaired) electrons. The maximum atomic E-state index is 7.62. The lowest BCUT2D eigenvalue weighted by Crippen LogP contribution is -2.12. The Balaban J connectivity index is 2.59. The summed E-state index contributed by atoms with van der Waals surface area (Å²) >= 11 is 3.40. The minimum Gasteiger partial charge on any atom is -0.497 e. The number of amidine groups is 1. The highest BCUT2D eigenvalue weighted by atomic mass is 79.9. The van der Waals surface area contributed by atoms with Crippen molar-refractivity contribution in [2.24, 2.45) is 5.73 Å². The lowest BCUT2D eigenvalue weighted by Gasteiger charge is -2.10. The number of hydrogen-bond acceptors (Lipinski definition) is 2. The van der Waals surface area contributed by atoms with Crippen molar-refractivity contribution in [3.63, 3.8) is 0 Å². The Morgan fingerprint density at radius 2 is 1.83 bits per heavy atom. The minimum atomic E-state index is 0.0515. The molecule has 4 heteroatoms. The first-order chi connectivity index (χ1) is 8.61. The van der Waals surface area contributed by atoms with Gasteiger partial charge in [0.25, 0.3) is 0 Å². The summed E-state index contributed by atoms with van der Waals surface area (Å²) in [5.74, 6) is 0.800. The Kier molecular flexibility index (Phi) is 3.67. The van der Waals surface area contributed by atoms with Crippen molar-refractivity contribution >= 4 is 21.8 Å². The van der Waals surface area contributed by atoms with Crippen LogP contribution in [0.1, 0.15) is 5.56 Å². The fourth-order valence-corrected chi connectivity index (χ4v) is 2.02. The molecule has 0 heterocycles. The maximum Gasteiger partial charge on any atom is 0.123 e. The van der Waals surface area contributed by atoms with E-state index in [0.717, 1.165) is 21.3 Å². The third kappa shape index (κ3) is 2.54. The van der Waals surface area contributed by atoms with Crippen molar-refractivity contribution in [2.45, 2.75) is 0 Å². The number of halogens is 1. The van der Waals surface area contributed by atoms with Crippen molar-refractivity contribution in [3.8, 4) is 16.9 Å². The first kappa shape index (κ1) is 12.6. The smallest absolute Gasteiger partial charge is 0.123 e. The van der Waals surface area contributed by atoms with Crippen molar-refractivity contribution in [1.82, 2.24) is 0 Å². The van der Waals surface area contributed by atoms with Gasteiger partial charge in [0, 0.05) is 10.0 Å². The van der Waals surface area contributed by atoms with Crippen LogP contribution >= 0.6 is 15.9 Å². The van der Waals surface area contributed by atoms with E-state index < -0.39 is 0 Å². The van der Waals surface area contributed by atoms with Crippen LogP contribution in [0.2, 0.25) is 0 Å². The third-order valence-corrected chi connectivity index (χ3v) is 3.20. The van der Waals surface area contributed by atoms with Gasteiger partial charge >= 0.3 is 0 Å². The molecule has 0 spiro atoms. The van der Waals surface area contributed by atoms with Gasteiger partial charge in [0.05, 0.1) is 7.11 Å². The van der Waals surface area contributed by atoms with E-state index in [1.165, 1.54) is 0 Å². The molecule has 0 fully saturated rings. The Morgan fingerprint density at radius 3 is 2.39 bits per heavy atom. The summed E-state index contributed by atoms with van der Waals surface area (Å²) in [5, 5.41) is 7.62. The van der Waals surface area contributed by atoms with Crippen LogP contribution in [0.5, 0.6) is 5.75 Å². The summed E-state index contributed by atoms with van der Waals surface area (Å²) < 4.78 is 6.23. The first-order valence-electron chi connectivity index (χ1n) is 5.40. The number of benzene rings is 2. The van der Waals surface area contributed by atoms with Gasteiger partial charge in [0.2, 0.25) is 0 Å².